The fraction of sp³-hybridized carbons (Fsp3) is 0.467. The molecule has 0 radical (unpaired) electrons. The molecular formula is C15H20N4O3S. The molecule has 7 nitrogen and oxygen atoms in total. The molecule has 1 aromatic heterocycles. The molecule has 0 aliphatic carbocycles. The Kier molecular flexibility index (Phi) is 4.47. The number of hydrogen-bond acceptors (Lipinski definition) is 5. The van der Waals surface area contributed by atoms with Gasteiger partial charge in [0.25, 0.3) is 0 Å². The minimum absolute atomic E-state index is 0.258. The van der Waals surface area contributed by atoms with Crippen LogP contribution in [-0.4, -0.2) is 47.1 Å². The zero-order valence-electron chi connectivity index (χ0n) is 13.2. The van der Waals surface area contributed by atoms with Gasteiger partial charge in [0, 0.05) is 20.0 Å². The molecule has 1 unspecified atom stereocenters. The van der Waals surface area contributed by atoms with Crippen LogP contribution in [-0.2, 0) is 34.8 Å². The van der Waals surface area contributed by atoms with Crippen LogP contribution in [0.25, 0.3) is 0 Å². The smallest absolute Gasteiger partial charge is 0.211 e. The lowest BCUT2D eigenvalue weighted by Crippen LogP contribution is -2.41. The first-order chi connectivity index (χ1) is 11.0. The van der Waals surface area contributed by atoms with Crippen LogP contribution in [0.2, 0.25) is 0 Å². The monoisotopic (exact) mass is 336 g/mol. The lowest BCUT2D eigenvalue weighted by Gasteiger charge is -2.32. The Morgan fingerprint density at radius 3 is 2.74 bits per heavy atom. The zero-order valence-corrected chi connectivity index (χ0v) is 14.0. The number of hydrogen-bond donors (Lipinski definition) is 0. The minimum atomic E-state index is -3.33. The Labute approximate surface area is 135 Å². The van der Waals surface area contributed by atoms with Crippen LogP contribution in [0, 0.1) is 0 Å². The van der Waals surface area contributed by atoms with E-state index < -0.39 is 16.1 Å². The second kappa shape index (κ2) is 6.38. The third kappa shape index (κ3) is 3.44. The maximum absolute atomic E-state index is 12.1. The summed E-state index contributed by atoms with van der Waals surface area (Å²) in [6.07, 6.45) is 1.83. The molecular weight excluding hydrogens is 316 g/mol. The molecule has 0 fully saturated rings. The molecule has 3 rings (SSSR count). The first-order valence-corrected chi connectivity index (χ1v) is 9.28. The van der Waals surface area contributed by atoms with Crippen molar-refractivity contribution >= 4 is 10.0 Å². The predicted molar refractivity (Wildman–Crippen MR) is 85.1 cm³/mol. The fourth-order valence-electron chi connectivity index (χ4n) is 2.87. The number of benzene rings is 1. The Morgan fingerprint density at radius 1 is 1.30 bits per heavy atom. The molecule has 0 bridgehead atoms. The third-order valence-corrected chi connectivity index (χ3v) is 5.31. The summed E-state index contributed by atoms with van der Waals surface area (Å²) >= 11 is 0. The van der Waals surface area contributed by atoms with Crippen LogP contribution < -0.4 is 0 Å². The van der Waals surface area contributed by atoms with E-state index in [1.165, 1.54) is 10.6 Å². The summed E-state index contributed by atoms with van der Waals surface area (Å²) in [5.41, 5.74) is 2.71. The van der Waals surface area contributed by atoms with Gasteiger partial charge in [-0.3, -0.25) is 4.68 Å². The third-order valence-electron chi connectivity index (χ3n) is 4.02. The molecule has 23 heavy (non-hydrogen) atoms. The lowest BCUT2D eigenvalue weighted by atomic mass is 10.1. The van der Waals surface area contributed by atoms with Gasteiger partial charge in [-0.1, -0.05) is 35.5 Å². The van der Waals surface area contributed by atoms with Crippen molar-refractivity contribution < 1.29 is 13.2 Å². The number of sulfonamides is 1. The number of aromatic nitrogens is 3. The molecule has 0 spiro atoms. The summed E-state index contributed by atoms with van der Waals surface area (Å²) in [4.78, 5) is 0. The van der Waals surface area contributed by atoms with Gasteiger partial charge in [-0.2, -0.15) is 4.31 Å². The van der Waals surface area contributed by atoms with Gasteiger partial charge in [0.15, 0.2) is 0 Å². The number of aryl methyl sites for hydroxylation is 1. The van der Waals surface area contributed by atoms with Crippen LogP contribution in [0.15, 0.2) is 30.3 Å². The van der Waals surface area contributed by atoms with Gasteiger partial charge in [0.2, 0.25) is 10.0 Å². The van der Waals surface area contributed by atoms with E-state index >= 15 is 0 Å². The van der Waals surface area contributed by atoms with Crippen molar-refractivity contribution in [2.75, 3.05) is 19.4 Å². The summed E-state index contributed by atoms with van der Waals surface area (Å²) in [6.45, 7) is 1.12. The second-order valence-corrected chi connectivity index (χ2v) is 7.62. The van der Waals surface area contributed by atoms with Gasteiger partial charge in [-0.05, 0) is 5.56 Å². The Bertz CT molecular complexity index is 773. The molecule has 1 aromatic carbocycles. The van der Waals surface area contributed by atoms with E-state index in [1.54, 1.807) is 4.68 Å². The number of nitrogens with zero attached hydrogens (tertiary/aromatic N) is 4. The highest BCUT2D eigenvalue weighted by Crippen LogP contribution is 2.30. The van der Waals surface area contributed by atoms with Crippen LogP contribution in [0.5, 0.6) is 0 Å². The first-order valence-electron chi connectivity index (χ1n) is 7.44. The van der Waals surface area contributed by atoms with E-state index in [9.17, 15) is 8.42 Å². The largest absolute Gasteiger partial charge is 0.375 e. The van der Waals surface area contributed by atoms with E-state index in [4.69, 9.17) is 4.74 Å². The second-order valence-electron chi connectivity index (χ2n) is 5.69. The summed E-state index contributed by atoms with van der Waals surface area (Å²) in [7, 11) is -1.50. The van der Waals surface area contributed by atoms with Crippen molar-refractivity contribution in [2.24, 2.45) is 7.05 Å². The molecule has 0 N–H and O–H groups in total. The predicted octanol–water partition coefficient (Wildman–Crippen LogP) is 0.891. The molecule has 0 saturated carbocycles. The van der Waals surface area contributed by atoms with Crippen molar-refractivity contribution in [1.82, 2.24) is 19.3 Å². The van der Waals surface area contributed by atoms with E-state index in [2.05, 4.69) is 10.3 Å². The zero-order chi connectivity index (χ0) is 16.4. The SMILES string of the molecule is Cn1nnc2c1CCN(S(C)(=O)=O)C2COCc1ccccc1. The van der Waals surface area contributed by atoms with E-state index in [1.807, 2.05) is 37.4 Å². The molecule has 1 aliphatic heterocycles. The van der Waals surface area contributed by atoms with E-state index in [-0.39, 0.29) is 6.61 Å². The number of ether oxygens (including phenoxy) is 1. The van der Waals surface area contributed by atoms with Crippen LogP contribution in [0.1, 0.15) is 23.0 Å². The molecule has 1 atom stereocenters. The van der Waals surface area contributed by atoms with Crippen LogP contribution in [0.4, 0.5) is 0 Å². The minimum Gasteiger partial charge on any atom is -0.375 e. The van der Waals surface area contributed by atoms with Gasteiger partial charge in [0.05, 0.1) is 31.2 Å². The van der Waals surface area contributed by atoms with Gasteiger partial charge in [-0.25, -0.2) is 8.42 Å². The maximum Gasteiger partial charge on any atom is 0.211 e. The molecule has 0 amide bonds. The Balaban J connectivity index is 1.78. The highest BCUT2D eigenvalue weighted by molar-refractivity contribution is 7.88. The molecule has 124 valence electrons. The average Bonchev–Trinajstić information content (AvgIpc) is 2.89. The molecule has 2 heterocycles. The first kappa shape index (κ1) is 16.1. The Morgan fingerprint density at radius 2 is 2.04 bits per heavy atom. The molecule has 2 aromatic rings. The topological polar surface area (TPSA) is 77.3 Å². The van der Waals surface area contributed by atoms with Crippen molar-refractivity contribution in [2.45, 2.75) is 19.1 Å². The maximum atomic E-state index is 12.1. The lowest BCUT2D eigenvalue weighted by molar-refractivity contribution is 0.0722. The van der Waals surface area contributed by atoms with Crippen molar-refractivity contribution in [3.05, 3.63) is 47.3 Å². The average molecular weight is 336 g/mol. The fourth-order valence-corrected chi connectivity index (χ4v) is 3.92. The van der Waals surface area contributed by atoms with Crippen LogP contribution >= 0.6 is 0 Å². The highest BCUT2D eigenvalue weighted by Gasteiger charge is 2.36. The molecule has 8 heteroatoms. The number of rotatable bonds is 5. The van der Waals surface area contributed by atoms with Crippen molar-refractivity contribution in [1.29, 1.82) is 0 Å². The van der Waals surface area contributed by atoms with Crippen molar-refractivity contribution in [3.8, 4) is 0 Å². The van der Waals surface area contributed by atoms with Gasteiger partial charge >= 0.3 is 0 Å². The summed E-state index contributed by atoms with van der Waals surface area (Å²) < 4.78 is 33.1. The standard InChI is InChI=1S/C15H20N4O3S/c1-18-13-8-9-19(23(2,20)21)14(15(13)16-17-18)11-22-10-12-6-4-3-5-7-12/h3-7,14H,8-11H2,1-2H3. The summed E-state index contributed by atoms with van der Waals surface area (Å²) in [6, 6.07) is 9.37. The van der Waals surface area contributed by atoms with E-state index in [0.29, 0.717) is 25.3 Å². The normalized spacial score (nSPS) is 18.8. The van der Waals surface area contributed by atoms with Crippen molar-refractivity contribution in [3.63, 3.8) is 0 Å². The summed E-state index contributed by atoms with van der Waals surface area (Å²) in [5, 5.41) is 8.17. The van der Waals surface area contributed by atoms with Gasteiger partial charge < -0.3 is 4.74 Å². The quantitative estimate of drug-likeness (QED) is 0.810. The van der Waals surface area contributed by atoms with Gasteiger partial charge in [0.1, 0.15) is 5.69 Å². The van der Waals surface area contributed by atoms with E-state index in [0.717, 1.165) is 11.3 Å². The Hall–Kier alpha value is -1.77. The molecule has 0 saturated heterocycles. The van der Waals surface area contributed by atoms with Crippen LogP contribution in [0.3, 0.4) is 0 Å². The highest BCUT2D eigenvalue weighted by atomic mass is 32.2. The number of fused-ring (bicyclic) bond motifs is 1. The van der Waals surface area contributed by atoms with Gasteiger partial charge in [-0.15, -0.1) is 5.10 Å². The molecule has 1 aliphatic rings. The summed E-state index contributed by atoms with van der Waals surface area (Å²) in [5.74, 6) is 0.